The second kappa shape index (κ2) is 17.2. The van der Waals surface area contributed by atoms with Crippen molar-refractivity contribution in [3.63, 3.8) is 0 Å². The van der Waals surface area contributed by atoms with Gasteiger partial charge in [0.1, 0.15) is 23.5 Å². The molecule has 0 aromatic carbocycles. The number of amides is 5. The number of aliphatic hydroxyl groups excluding tert-OH is 1. The topological polar surface area (TPSA) is 170 Å². The van der Waals surface area contributed by atoms with E-state index < -0.39 is 59.2 Å². The van der Waals surface area contributed by atoms with Crippen molar-refractivity contribution < 1.29 is 29.1 Å². The lowest BCUT2D eigenvalue weighted by atomic mass is 9.85. The molecule has 47 heavy (non-hydrogen) atoms. The van der Waals surface area contributed by atoms with E-state index in [9.17, 15) is 29.1 Å². The number of aromatic nitrogens is 1. The SMILES string of the molecule is C=CCNC(=O)C(O)C(CCC)NC(=O)[C@@H]1C[C@@H](C)CN1C(=O)[C@@H](NC(=O)C(NC(=O)c1ccccn1)=C1CCCCC1)C(C)(C)C. The molecule has 1 saturated carbocycles. The van der Waals surface area contributed by atoms with Crippen LogP contribution in [0.2, 0.25) is 0 Å². The van der Waals surface area contributed by atoms with Gasteiger partial charge in [-0.05, 0) is 67.6 Å². The van der Waals surface area contributed by atoms with Crippen LogP contribution in [0.3, 0.4) is 0 Å². The average molecular weight is 653 g/mol. The number of aliphatic hydroxyl groups is 1. The molecule has 0 radical (unpaired) electrons. The van der Waals surface area contributed by atoms with Crippen LogP contribution in [0.4, 0.5) is 0 Å². The van der Waals surface area contributed by atoms with Crippen LogP contribution in [0, 0.1) is 11.3 Å². The monoisotopic (exact) mass is 652 g/mol. The van der Waals surface area contributed by atoms with Crippen LogP contribution in [0.15, 0.2) is 48.3 Å². The summed E-state index contributed by atoms with van der Waals surface area (Å²) >= 11 is 0. The number of rotatable bonds is 13. The van der Waals surface area contributed by atoms with Gasteiger partial charge in [-0.25, -0.2) is 0 Å². The molecule has 1 aliphatic carbocycles. The third kappa shape index (κ3) is 10.2. The molecular weight excluding hydrogens is 600 g/mol. The van der Waals surface area contributed by atoms with Gasteiger partial charge in [0.2, 0.25) is 11.8 Å². The van der Waals surface area contributed by atoms with E-state index in [0.29, 0.717) is 38.6 Å². The van der Waals surface area contributed by atoms with Gasteiger partial charge in [0, 0.05) is 19.3 Å². The minimum Gasteiger partial charge on any atom is -0.381 e. The molecule has 1 saturated heterocycles. The van der Waals surface area contributed by atoms with Gasteiger partial charge in [-0.1, -0.05) is 59.6 Å². The highest BCUT2D eigenvalue weighted by Crippen LogP contribution is 2.30. The van der Waals surface area contributed by atoms with Crippen molar-refractivity contribution in [2.45, 2.75) is 110 Å². The molecule has 5 atom stereocenters. The molecule has 3 rings (SSSR count). The van der Waals surface area contributed by atoms with Gasteiger partial charge in [-0.15, -0.1) is 6.58 Å². The molecule has 2 heterocycles. The lowest BCUT2D eigenvalue weighted by molar-refractivity contribution is -0.144. The summed E-state index contributed by atoms with van der Waals surface area (Å²) in [6.45, 7) is 13.4. The van der Waals surface area contributed by atoms with Gasteiger partial charge < -0.3 is 31.3 Å². The fraction of sp³-hybridized carbons (Fsp3) is 0.600. The summed E-state index contributed by atoms with van der Waals surface area (Å²) in [7, 11) is 0. The third-order valence-electron chi connectivity index (χ3n) is 8.66. The standard InChI is InChI=1S/C35H52N6O6/c1-7-14-24(28(42)33(46)37-18-8-2)38-31(44)26-20-22(3)21-41(26)34(47)29(35(4,5)6)40-32(45)27(23-15-10-9-11-16-23)39-30(43)25-17-12-13-19-36-25/h8,12-13,17,19,22,24,26,28-29,42H,2,7,9-11,14-16,18,20-21H2,1,3-6H3,(H,37,46)(H,38,44)(H,39,43)(H,40,45)/t22-,24?,26+,28?,29-/m1/s1. The molecule has 258 valence electrons. The van der Waals surface area contributed by atoms with Gasteiger partial charge in [0.25, 0.3) is 17.7 Å². The second-order valence-electron chi connectivity index (χ2n) is 13.7. The maximum atomic E-state index is 14.3. The Hall–Kier alpha value is -4.06. The van der Waals surface area contributed by atoms with E-state index in [2.05, 4.69) is 32.8 Å². The maximum absolute atomic E-state index is 14.3. The van der Waals surface area contributed by atoms with Crippen molar-refractivity contribution in [1.29, 1.82) is 0 Å². The molecular formula is C35H52N6O6. The fourth-order valence-corrected chi connectivity index (χ4v) is 6.12. The van der Waals surface area contributed by atoms with E-state index in [0.717, 1.165) is 24.8 Å². The van der Waals surface area contributed by atoms with Crippen LogP contribution in [-0.2, 0) is 19.2 Å². The highest BCUT2D eigenvalue weighted by Gasteiger charge is 2.45. The number of nitrogens with one attached hydrogen (secondary N) is 4. The van der Waals surface area contributed by atoms with Crippen LogP contribution in [-0.4, -0.2) is 81.8 Å². The first-order chi connectivity index (χ1) is 22.3. The van der Waals surface area contributed by atoms with Gasteiger partial charge in [0.05, 0.1) is 6.04 Å². The lowest BCUT2D eigenvalue weighted by Gasteiger charge is -2.36. The summed E-state index contributed by atoms with van der Waals surface area (Å²) in [4.78, 5) is 73.1. The largest absolute Gasteiger partial charge is 0.381 e. The van der Waals surface area contributed by atoms with E-state index >= 15 is 0 Å². The van der Waals surface area contributed by atoms with Crippen LogP contribution in [0.25, 0.3) is 0 Å². The van der Waals surface area contributed by atoms with Crippen molar-refractivity contribution in [1.82, 2.24) is 31.2 Å². The number of pyridine rings is 1. The summed E-state index contributed by atoms with van der Waals surface area (Å²) in [5.74, 6) is -2.60. The normalized spacial score (nSPS) is 20.0. The Morgan fingerprint density at radius 2 is 1.81 bits per heavy atom. The number of hydrogen-bond acceptors (Lipinski definition) is 7. The molecule has 1 aliphatic heterocycles. The fourth-order valence-electron chi connectivity index (χ4n) is 6.12. The minimum atomic E-state index is -1.48. The van der Waals surface area contributed by atoms with Gasteiger partial charge >= 0.3 is 0 Å². The molecule has 1 aromatic rings. The molecule has 12 nitrogen and oxygen atoms in total. The Bertz CT molecular complexity index is 1320. The Balaban J connectivity index is 1.85. The summed E-state index contributed by atoms with van der Waals surface area (Å²) in [6, 6.07) is 2.22. The number of likely N-dealkylation sites (tertiary alicyclic amines) is 1. The highest BCUT2D eigenvalue weighted by molar-refractivity contribution is 6.04. The number of carbonyl (C=O) groups is 5. The van der Waals surface area contributed by atoms with Crippen LogP contribution in [0.5, 0.6) is 0 Å². The molecule has 1 aromatic heterocycles. The molecule has 2 fully saturated rings. The van der Waals surface area contributed by atoms with Crippen molar-refractivity contribution in [2.75, 3.05) is 13.1 Å². The number of allylic oxidation sites excluding steroid dienone is 1. The van der Waals surface area contributed by atoms with Crippen LogP contribution >= 0.6 is 0 Å². The maximum Gasteiger partial charge on any atom is 0.274 e. The van der Waals surface area contributed by atoms with Crippen LogP contribution < -0.4 is 21.3 Å². The Kier molecular flexibility index (Phi) is 13.7. The Morgan fingerprint density at radius 3 is 2.40 bits per heavy atom. The van der Waals surface area contributed by atoms with Crippen molar-refractivity contribution >= 4 is 29.5 Å². The molecule has 5 amide bonds. The zero-order valence-electron chi connectivity index (χ0n) is 28.4. The molecule has 5 N–H and O–H groups in total. The Labute approximate surface area is 278 Å². The number of nitrogens with zero attached hydrogens (tertiary/aromatic N) is 2. The average Bonchev–Trinajstić information content (AvgIpc) is 3.45. The predicted molar refractivity (Wildman–Crippen MR) is 179 cm³/mol. The summed E-state index contributed by atoms with van der Waals surface area (Å²) < 4.78 is 0. The van der Waals surface area contributed by atoms with Gasteiger partial charge in [-0.2, -0.15) is 0 Å². The van der Waals surface area contributed by atoms with E-state index in [-0.39, 0.29) is 23.9 Å². The second-order valence-corrected chi connectivity index (χ2v) is 13.7. The van der Waals surface area contributed by atoms with Gasteiger partial charge in [0.15, 0.2) is 6.10 Å². The third-order valence-corrected chi connectivity index (χ3v) is 8.66. The van der Waals surface area contributed by atoms with Gasteiger partial charge in [-0.3, -0.25) is 29.0 Å². The first-order valence-electron chi connectivity index (χ1n) is 16.7. The summed E-state index contributed by atoms with van der Waals surface area (Å²) in [5.41, 5.74) is 0.375. The van der Waals surface area contributed by atoms with Crippen molar-refractivity contribution in [3.05, 3.63) is 54.0 Å². The zero-order valence-corrected chi connectivity index (χ0v) is 28.4. The van der Waals surface area contributed by atoms with Crippen LogP contribution in [0.1, 0.15) is 96.5 Å². The summed E-state index contributed by atoms with van der Waals surface area (Å²) in [6.07, 6.45) is 6.98. The molecule has 0 bridgehead atoms. The first-order valence-corrected chi connectivity index (χ1v) is 16.7. The lowest BCUT2D eigenvalue weighted by Crippen LogP contribution is -2.60. The Morgan fingerprint density at radius 1 is 1.11 bits per heavy atom. The summed E-state index contributed by atoms with van der Waals surface area (Å²) in [5, 5.41) is 21.8. The van der Waals surface area contributed by atoms with E-state index in [4.69, 9.17) is 0 Å². The van der Waals surface area contributed by atoms with E-state index in [1.807, 2.05) is 34.6 Å². The zero-order chi connectivity index (χ0) is 34.7. The minimum absolute atomic E-state index is 0.00552. The number of hydrogen-bond donors (Lipinski definition) is 5. The van der Waals surface area contributed by atoms with Crippen molar-refractivity contribution in [3.8, 4) is 0 Å². The van der Waals surface area contributed by atoms with Crippen molar-refractivity contribution in [2.24, 2.45) is 11.3 Å². The smallest absolute Gasteiger partial charge is 0.274 e. The van der Waals surface area contributed by atoms with E-state index in [1.54, 1.807) is 18.2 Å². The first kappa shape index (κ1) is 37.4. The quantitative estimate of drug-likeness (QED) is 0.161. The molecule has 0 spiro atoms. The number of carbonyl (C=O) groups excluding carboxylic acids is 5. The van der Waals surface area contributed by atoms with E-state index in [1.165, 1.54) is 17.2 Å². The molecule has 12 heteroatoms. The highest BCUT2D eigenvalue weighted by atomic mass is 16.3. The predicted octanol–water partition coefficient (Wildman–Crippen LogP) is 2.75. The molecule has 2 aliphatic rings. The molecule has 2 unspecified atom stereocenters.